The summed E-state index contributed by atoms with van der Waals surface area (Å²) >= 11 is 0. The van der Waals surface area contributed by atoms with Crippen LogP contribution in [-0.4, -0.2) is 27.9 Å². The van der Waals surface area contributed by atoms with Crippen LogP contribution in [0.3, 0.4) is 0 Å². The Labute approximate surface area is 115 Å². The smallest absolute Gasteiger partial charge is 0.354 e. The zero-order chi connectivity index (χ0) is 14.7. The molecule has 2 heterocycles. The maximum atomic E-state index is 12.2. The summed E-state index contributed by atoms with van der Waals surface area (Å²) in [5.41, 5.74) is -0.729. The Morgan fingerprint density at radius 3 is 2.85 bits per heavy atom. The maximum Gasteiger partial charge on any atom is 0.376 e. The van der Waals surface area contributed by atoms with E-state index in [9.17, 15) is 14.9 Å². The highest BCUT2D eigenvalue weighted by atomic mass is 16.6. The molecular formula is C13H16N4O3. The van der Waals surface area contributed by atoms with Gasteiger partial charge in [-0.05, 0) is 18.6 Å². The van der Waals surface area contributed by atoms with Crippen molar-refractivity contribution in [1.82, 2.24) is 9.38 Å². The number of hydrogen-bond acceptors (Lipinski definition) is 5. The number of pyridine rings is 1. The van der Waals surface area contributed by atoms with E-state index in [0.29, 0.717) is 12.2 Å². The van der Waals surface area contributed by atoms with Gasteiger partial charge >= 0.3 is 11.2 Å². The monoisotopic (exact) mass is 276 g/mol. The second-order valence-corrected chi connectivity index (χ2v) is 4.55. The van der Waals surface area contributed by atoms with E-state index in [1.54, 1.807) is 30.1 Å². The van der Waals surface area contributed by atoms with Gasteiger partial charge in [0.2, 0.25) is 5.82 Å². The average molecular weight is 276 g/mol. The second kappa shape index (κ2) is 5.68. The average Bonchev–Trinajstić information content (AvgIpc) is 2.44. The summed E-state index contributed by atoms with van der Waals surface area (Å²) in [6.45, 7) is 2.65. The molecule has 7 heteroatoms. The van der Waals surface area contributed by atoms with Crippen molar-refractivity contribution < 1.29 is 4.92 Å². The molecule has 0 spiro atoms. The molecule has 0 amide bonds. The fourth-order valence-electron chi connectivity index (χ4n) is 2.00. The molecule has 20 heavy (non-hydrogen) atoms. The molecule has 0 unspecified atom stereocenters. The lowest BCUT2D eigenvalue weighted by Gasteiger charge is -2.17. The number of nitrogens with zero attached hydrogens (tertiary/aromatic N) is 4. The minimum absolute atomic E-state index is 0.125. The van der Waals surface area contributed by atoms with Crippen molar-refractivity contribution >= 4 is 17.2 Å². The molecule has 7 nitrogen and oxygen atoms in total. The van der Waals surface area contributed by atoms with Crippen molar-refractivity contribution in [2.45, 2.75) is 19.8 Å². The van der Waals surface area contributed by atoms with Crippen molar-refractivity contribution in [3.05, 3.63) is 44.9 Å². The Morgan fingerprint density at radius 1 is 1.45 bits per heavy atom. The lowest BCUT2D eigenvalue weighted by molar-refractivity contribution is -0.385. The van der Waals surface area contributed by atoms with Crippen LogP contribution in [0.15, 0.2) is 29.2 Å². The summed E-state index contributed by atoms with van der Waals surface area (Å²) in [6.07, 6.45) is 3.32. The highest BCUT2D eigenvalue weighted by Crippen LogP contribution is 2.21. The van der Waals surface area contributed by atoms with Crippen molar-refractivity contribution in [2.75, 3.05) is 18.5 Å². The van der Waals surface area contributed by atoms with Crippen LogP contribution in [0.2, 0.25) is 0 Å². The standard InChI is InChI=1S/C13H16N4O3/c1-3-4-8-15(2)12-11(17(19)20)13(18)16-9-6-5-7-10(16)14-12/h5-7,9H,3-4,8H2,1-2H3. The van der Waals surface area contributed by atoms with E-state index in [4.69, 9.17) is 0 Å². The molecule has 0 aliphatic rings. The molecule has 106 valence electrons. The fraction of sp³-hybridized carbons (Fsp3) is 0.385. The van der Waals surface area contributed by atoms with Crippen molar-refractivity contribution in [2.24, 2.45) is 0 Å². The van der Waals surface area contributed by atoms with Gasteiger partial charge in [-0.25, -0.2) is 4.98 Å². The second-order valence-electron chi connectivity index (χ2n) is 4.55. The van der Waals surface area contributed by atoms with E-state index < -0.39 is 16.2 Å². The van der Waals surface area contributed by atoms with Crippen LogP contribution < -0.4 is 10.5 Å². The topological polar surface area (TPSA) is 80.8 Å². The minimum atomic E-state index is -0.660. The highest BCUT2D eigenvalue weighted by Gasteiger charge is 2.25. The Bertz CT molecular complexity index is 696. The van der Waals surface area contributed by atoms with Crippen LogP contribution in [-0.2, 0) is 0 Å². The van der Waals surface area contributed by atoms with Crippen LogP contribution in [0.25, 0.3) is 5.65 Å². The molecule has 2 rings (SSSR count). The molecule has 0 aliphatic carbocycles. The molecule has 0 aromatic carbocycles. The predicted molar refractivity (Wildman–Crippen MR) is 76.3 cm³/mol. The number of nitro groups is 1. The van der Waals surface area contributed by atoms with Crippen molar-refractivity contribution in [3.8, 4) is 0 Å². The first kappa shape index (κ1) is 14.0. The molecule has 0 aliphatic heterocycles. The molecule has 0 saturated heterocycles. The Kier molecular flexibility index (Phi) is 3.97. The normalized spacial score (nSPS) is 10.7. The van der Waals surface area contributed by atoms with Gasteiger partial charge in [-0.2, -0.15) is 0 Å². The van der Waals surface area contributed by atoms with E-state index in [0.717, 1.165) is 12.8 Å². The van der Waals surface area contributed by atoms with Gasteiger partial charge in [0.05, 0.1) is 4.92 Å². The third kappa shape index (κ3) is 2.47. The summed E-state index contributed by atoms with van der Waals surface area (Å²) in [7, 11) is 1.71. The molecule has 0 fully saturated rings. The number of unbranched alkanes of at least 4 members (excludes halogenated alkanes) is 1. The zero-order valence-electron chi connectivity index (χ0n) is 11.4. The molecule has 0 saturated carbocycles. The maximum absolute atomic E-state index is 12.2. The van der Waals surface area contributed by atoms with Crippen molar-refractivity contribution in [1.29, 1.82) is 0 Å². The van der Waals surface area contributed by atoms with Gasteiger partial charge in [-0.3, -0.25) is 19.3 Å². The fourth-order valence-corrected chi connectivity index (χ4v) is 2.00. The molecular weight excluding hydrogens is 260 g/mol. The molecule has 2 aromatic heterocycles. The number of rotatable bonds is 5. The van der Waals surface area contributed by atoms with Gasteiger partial charge in [0, 0.05) is 19.8 Å². The molecule has 0 atom stereocenters. The van der Waals surface area contributed by atoms with Crippen molar-refractivity contribution in [3.63, 3.8) is 0 Å². The summed E-state index contributed by atoms with van der Waals surface area (Å²) in [5.74, 6) is 0.125. The van der Waals surface area contributed by atoms with E-state index in [2.05, 4.69) is 4.98 Å². The van der Waals surface area contributed by atoms with Gasteiger partial charge in [0.25, 0.3) is 0 Å². The molecule has 2 aromatic rings. The predicted octanol–water partition coefficient (Wildman–Crippen LogP) is 1.84. The van der Waals surface area contributed by atoms with E-state index in [1.165, 1.54) is 10.6 Å². The largest absolute Gasteiger partial charge is 0.376 e. The molecule has 0 N–H and O–H groups in total. The van der Waals surface area contributed by atoms with Crippen LogP contribution in [0.5, 0.6) is 0 Å². The van der Waals surface area contributed by atoms with Crippen LogP contribution in [0, 0.1) is 10.1 Å². The van der Waals surface area contributed by atoms with Gasteiger partial charge in [0.1, 0.15) is 5.65 Å². The SMILES string of the molecule is CCCCN(C)c1nc2ccccn2c(=O)c1[N+](=O)[O-]. The first-order valence-corrected chi connectivity index (χ1v) is 6.43. The third-order valence-corrected chi connectivity index (χ3v) is 3.08. The van der Waals surface area contributed by atoms with E-state index >= 15 is 0 Å². The summed E-state index contributed by atoms with van der Waals surface area (Å²) in [4.78, 5) is 28.7. The Balaban J connectivity index is 2.65. The number of aromatic nitrogens is 2. The van der Waals surface area contributed by atoms with Gasteiger partial charge in [-0.1, -0.05) is 19.4 Å². The van der Waals surface area contributed by atoms with Crippen LogP contribution in [0.4, 0.5) is 11.5 Å². The Hall–Kier alpha value is -2.44. The lowest BCUT2D eigenvalue weighted by atomic mass is 10.3. The van der Waals surface area contributed by atoms with E-state index in [-0.39, 0.29) is 5.82 Å². The number of fused-ring (bicyclic) bond motifs is 1. The number of hydrogen-bond donors (Lipinski definition) is 0. The first-order chi connectivity index (χ1) is 9.56. The molecule has 0 bridgehead atoms. The van der Waals surface area contributed by atoms with Crippen LogP contribution >= 0.6 is 0 Å². The van der Waals surface area contributed by atoms with Crippen LogP contribution in [0.1, 0.15) is 19.8 Å². The summed E-state index contributed by atoms with van der Waals surface area (Å²) < 4.78 is 1.19. The third-order valence-electron chi connectivity index (χ3n) is 3.08. The molecule has 0 radical (unpaired) electrons. The summed E-state index contributed by atoms with van der Waals surface area (Å²) in [6, 6.07) is 5.03. The Morgan fingerprint density at radius 2 is 2.20 bits per heavy atom. The van der Waals surface area contributed by atoms with Gasteiger partial charge in [-0.15, -0.1) is 0 Å². The lowest BCUT2D eigenvalue weighted by Crippen LogP contribution is -2.27. The highest BCUT2D eigenvalue weighted by molar-refractivity contribution is 5.61. The van der Waals surface area contributed by atoms with E-state index in [1.807, 2.05) is 6.92 Å². The summed E-state index contributed by atoms with van der Waals surface area (Å²) in [5, 5.41) is 11.2. The van der Waals surface area contributed by atoms with Gasteiger partial charge < -0.3 is 4.90 Å². The zero-order valence-corrected chi connectivity index (χ0v) is 11.4. The minimum Gasteiger partial charge on any atom is -0.354 e. The number of anilines is 1. The first-order valence-electron chi connectivity index (χ1n) is 6.43. The quantitative estimate of drug-likeness (QED) is 0.615. The van der Waals surface area contributed by atoms with Gasteiger partial charge in [0.15, 0.2) is 0 Å².